The highest BCUT2D eigenvalue weighted by atomic mass is 32.2. The number of sulfonamides is 1. The van der Waals surface area contributed by atoms with Gasteiger partial charge >= 0.3 is 0 Å². The highest BCUT2D eigenvalue weighted by molar-refractivity contribution is 7.91. The van der Waals surface area contributed by atoms with Gasteiger partial charge in [-0.05, 0) is 49.7 Å². The third kappa shape index (κ3) is 5.67. The number of rotatable bonds is 7. The molecule has 28 heavy (non-hydrogen) atoms. The molecule has 0 radical (unpaired) electrons. The predicted octanol–water partition coefficient (Wildman–Crippen LogP) is 3.01. The molecule has 1 aliphatic rings. The van der Waals surface area contributed by atoms with Crippen LogP contribution in [-0.4, -0.2) is 44.5 Å². The molecule has 1 heterocycles. The maximum atomic E-state index is 12.4. The Kier molecular flexibility index (Phi) is 6.15. The van der Waals surface area contributed by atoms with Gasteiger partial charge in [-0.2, -0.15) is 0 Å². The Labute approximate surface area is 164 Å². The molecule has 0 aliphatic carbocycles. The average molecular weight is 405 g/mol. The Hall–Kier alpha value is -2.65. The molecule has 1 aliphatic heterocycles. The lowest BCUT2D eigenvalue weighted by molar-refractivity contribution is -0.384. The molecule has 1 saturated heterocycles. The summed E-state index contributed by atoms with van der Waals surface area (Å²) in [7, 11) is -1.61. The van der Waals surface area contributed by atoms with Crippen LogP contribution < -0.4 is 9.46 Å². The molecule has 3 rings (SSSR count). The Morgan fingerprint density at radius 1 is 1.18 bits per heavy atom. The van der Waals surface area contributed by atoms with Gasteiger partial charge in [-0.15, -0.1) is 0 Å². The summed E-state index contributed by atoms with van der Waals surface area (Å²) in [6.07, 6.45) is 2.11. The predicted molar refractivity (Wildman–Crippen MR) is 107 cm³/mol. The maximum absolute atomic E-state index is 12.4. The van der Waals surface area contributed by atoms with Gasteiger partial charge in [0.15, 0.2) is 0 Å². The smallest absolute Gasteiger partial charge is 0.269 e. The van der Waals surface area contributed by atoms with Crippen molar-refractivity contribution in [3.05, 3.63) is 64.2 Å². The van der Waals surface area contributed by atoms with Crippen LogP contribution in [0.25, 0.3) is 0 Å². The topological polar surface area (TPSA) is 102 Å². The van der Waals surface area contributed by atoms with E-state index in [1.807, 2.05) is 0 Å². The van der Waals surface area contributed by atoms with Gasteiger partial charge in [0.1, 0.15) is 11.9 Å². The molecular formula is C19H23N3O5S. The second-order valence-electron chi connectivity index (χ2n) is 6.93. The summed E-state index contributed by atoms with van der Waals surface area (Å²) < 4.78 is 33.2. The molecule has 0 spiro atoms. The zero-order valence-corrected chi connectivity index (χ0v) is 16.4. The molecular weight excluding hydrogens is 382 g/mol. The van der Waals surface area contributed by atoms with E-state index in [1.165, 1.54) is 18.2 Å². The van der Waals surface area contributed by atoms with Gasteiger partial charge in [0.2, 0.25) is 10.0 Å². The van der Waals surface area contributed by atoms with Gasteiger partial charge < -0.3 is 9.64 Å². The lowest BCUT2D eigenvalue weighted by Crippen LogP contribution is -2.35. The van der Waals surface area contributed by atoms with Crippen molar-refractivity contribution in [1.29, 1.82) is 0 Å². The van der Waals surface area contributed by atoms with Crippen LogP contribution in [0.15, 0.2) is 48.5 Å². The molecule has 150 valence electrons. The van der Waals surface area contributed by atoms with Crippen LogP contribution >= 0.6 is 0 Å². The summed E-state index contributed by atoms with van der Waals surface area (Å²) in [6, 6.07) is 12.4. The van der Waals surface area contributed by atoms with E-state index in [1.54, 1.807) is 30.3 Å². The number of non-ortho nitro benzene ring substituents is 1. The summed E-state index contributed by atoms with van der Waals surface area (Å²) >= 11 is 0. The SMILES string of the molecule is CN1CCC(Oc2ccc(NS(=O)(=O)Cc3cccc([N+](=O)[O-])c3)cc2)CC1. The van der Waals surface area contributed by atoms with E-state index in [4.69, 9.17) is 4.74 Å². The molecule has 0 amide bonds. The van der Waals surface area contributed by atoms with Gasteiger partial charge in [-0.1, -0.05) is 12.1 Å². The maximum Gasteiger partial charge on any atom is 0.269 e. The van der Waals surface area contributed by atoms with Gasteiger partial charge in [0.05, 0.1) is 10.7 Å². The molecule has 0 bridgehead atoms. The third-order valence-electron chi connectivity index (χ3n) is 4.57. The van der Waals surface area contributed by atoms with Crippen molar-refractivity contribution in [3.8, 4) is 5.75 Å². The first-order chi connectivity index (χ1) is 13.3. The number of benzene rings is 2. The Balaban J connectivity index is 1.59. The van der Waals surface area contributed by atoms with Gasteiger partial charge in [-0.25, -0.2) is 8.42 Å². The van der Waals surface area contributed by atoms with E-state index in [0.717, 1.165) is 25.9 Å². The summed E-state index contributed by atoms with van der Waals surface area (Å²) in [5, 5.41) is 10.8. The highest BCUT2D eigenvalue weighted by Gasteiger charge is 2.18. The summed E-state index contributed by atoms with van der Waals surface area (Å²) in [5.41, 5.74) is 0.633. The fourth-order valence-electron chi connectivity index (χ4n) is 3.09. The molecule has 1 N–H and O–H groups in total. The van der Waals surface area contributed by atoms with Crippen LogP contribution in [0.3, 0.4) is 0 Å². The van der Waals surface area contributed by atoms with Crippen molar-refractivity contribution in [2.75, 3.05) is 24.9 Å². The molecule has 9 heteroatoms. The third-order valence-corrected chi connectivity index (χ3v) is 5.83. The first kappa shape index (κ1) is 20.1. The molecule has 1 fully saturated rings. The standard InChI is InChI=1S/C19H23N3O5S/c1-21-11-9-19(10-12-21)27-18-7-5-16(6-8-18)20-28(25,26)14-15-3-2-4-17(13-15)22(23)24/h2-8,13,19-20H,9-12,14H2,1H3. The molecule has 8 nitrogen and oxygen atoms in total. The minimum atomic E-state index is -3.70. The summed E-state index contributed by atoms with van der Waals surface area (Å²) in [5.74, 6) is 0.360. The van der Waals surface area contributed by atoms with Crippen molar-refractivity contribution < 1.29 is 18.1 Å². The number of hydrogen-bond acceptors (Lipinski definition) is 6. The molecule has 2 aromatic carbocycles. The van der Waals surface area contributed by atoms with Crippen molar-refractivity contribution in [1.82, 2.24) is 4.90 Å². The zero-order valence-electron chi connectivity index (χ0n) is 15.6. The van der Waals surface area contributed by atoms with Crippen LogP contribution in [0, 0.1) is 10.1 Å². The minimum absolute atomic E-state index is 0.136. The monoisotopic (exact) mass is 405 g/mol. The number of piperidine rings is 1. The van der Waals surface area contributed by atoms with E-state index in [-0.39, 0.29) is 17.5 Å². The minimum Gasteiger partial charge on any atom is -0.490 e. The number of ether oxygens (including phenoxy) is 1. The van der Waals surface area contributed by atoms with E-state index < -0.39 is 14.9 Å². The summed E-state index contributed by atoms with van der Waals surface area (Å²) in [6.45, 7) is 2.00. The quantitative estimate of drug-likeness (QED) is 0.561. The van der Waals surface area contributed by atoms with Crippen molar-refractivity contribution >= 4 is 21.4 Å². The van der Waals surface area contributed by atoms with Crippen LogP contribution in [-0.2, 0) is 15.8 Å². The number of likely N-dealkylation sites (tertiary alicyclic amines) is 1. The van der Waals surface area contributed by atoms with E-state index in [2.05, 4.69) is 16.7 Å². The Bertz CT molecular complexity index is 923. The van der Waals surface area contributed by atoms with Crippen molar-refractivity contribution in [3.63, 3.8) is 0 Å². The van der Waals surface area contributed by atoms with Gasteiger partial charge in [0, 0.05) is 30.9 Å². The second kappa shape index (κ2) is 8.57. The van der Waals surface area contributed by atoms with Crippen LogP contribution in [0.2, 0.25) is 0 Å². The first-order valence-electron chi connectivity index (χ1n) is 9.00. The van der Waals surface area contributed by atoms with Crippen LogP contribution in [0.4, 0.5) is 11.4 Å². The molecule has 0 saturated carbocycles. The number of nitro benzene ring substituents is 1. The fourth-order valence-corrected chi connectivity index (χ4v) is 4.28. The molecule has 0 aromatic heterocycles. The number of nitro groups is 1. The number of nitrogens with one attached hydrogen (secondary N) is 1. The van der Waals surface area contributed by atoms with Crippen molar-refractivity contribution in [2.45, 2.75) is 24.7 Å². The Morgan fingerprint density at radius 3 is 2.50 bits per heavy atom. The zero-order chi connectivity index (χ0) is 20.1. The van der Waals surface area contributed by atoms with Gasteiger partial charge in [0.25, 0.3) is 5.69 Å². The van der Waals surface area contributed by atoms with Crippen LogP contribution in [0.5, 0.6) is 5.75 Å². The molecule has 2 aromatic rings. The number of anilines is 1. The van der Waals surface area contributed by atoms with Crippen LogP contribution in [0.1, 0.15) is 18.4 Å². The first-order valence-corrected chi connectivity index (χ1v) is 10.6. The second-order valence-corrected chi connectivity index (χ2v) is 8.66. The highest BCUT2D eigenvalue weighted by Crippen LogP contribution is 2.22. The van der Waals surface area contributed by atoms with Crippen molar-refractivity contribution in [2.24, 2.45) is 0 Å². The van der Waals surface area contributed by atoms with Gasteiger partial charge in [-0.3, -0.25) is 14.8 Å². The van der Waals surface area contributed by atoms with E-state index >= 15 is 0 Å². The molecule has 0 unspecified atom stereocenters. The average Bonchev–Trinajstić information content (AvgIpc) is 2.65. The fraction of sp³-hybridized carbons (Fsp3) is 0.368. The number of hydrogen-bond donors (Lipinski definition) is 1. The lowest BCUT2D eigenvalue weighted by Gasteiger charge is -2.29. The van der Waals surface area contributed by atoms with E-state index in [9.17, 15) is 18.5 Å². The number of nitrogens with zero attached hydrogens (tertiary/aromatic N) is 2. The summed E-state index contributed by atoms with van der Waals surface area (Å²) in [4.78, 5) is 12.5. The van der Waals surface area contributed by atoms with E-state index in [0.29, 0.717) is 17.0 Å². The lowest BCUT2D eigenvalue weighted by atomic mass is 10.1. The largest absolute Gasteiger partial charge is 0.490 e. The Morgan fingerprint density at radius 2 is 1.86 bits per heavy atom. The molecule has 0 atom stereocenters. The normalized spacial score (nSPS) is 15.9.